The molecule has 8 nitrogen and oxygen atoms in total. The van der Waals surface area contributed by atoms with Gasteiger partial charge in [-0.2, -0.15) is 0 Å². The van der Waals surface area contributed by atoms with Crippen molar-refractivity contribution in [2.45, 2.75) is 6.61 Å². The summed E-state index contributed by atoms with van der Waals surface area (Å²) in [6.07, 6.45) is 1.21. The Labute approximate surface area is 137 Å². The first-order chi connectivity index (χ1) is 11.6. The Morgan fingerprint density at radius 3 is 2.54 bits per heavy atom. The highest BCUT2D eigenvalue weighted by Crippen LogP contribution is 2.23. The summed E-state index contributed by atoms with van der Waals surface area (Å²) in [6.45, 7) is -0.528. The van der Waals surface area contributed by atoms with Gasteiger partial charge in [0.1, 0.15) is 18.0 Å². The Hall–Kier alpha value is -2.97. The second-order valence-corrected chi connectivity index (χ2v) is 5.12. The summed E-state index contributed by atoms with van der Waals surface area (Å²) >= 11 is 0. The maximum absolute atomic E-state index is 12.1. The standard InChI is InChI=1S/C16H15N3O5/c20-6-5-19-15(22)8-14(16(19)23)17-11-3-1-10(2-4-11)13-7-12(9-21)24-18-13/h1-4,7-8,17,20-21H,5-6,9H2. The smallest absolute Gasteiger partial charge is 0.277 e. The lowest BCUT2D eigenvalue weighted by molar-refractivity contribution is -0.137. The van der Waals surface area contributed by atoms with Crippen molar-refractivity contribution in [3.8, 4) is 11.3 Å². The van der Waals surface area contributed by atoms with Gasteiger partial charge in [-0.25, -0.2) is 0 Å². The molecule has 2 heterocycles. The van der Waals surface area contributed by atoms with E-state index >= 15 is 0 Å². The van der Waals surface area contributed by atoms with Gasteiger partial charge in [0, 0.05) is 23.4 Å². The van der Waals surface area contributed by atoms with Crippen LogP contribution in [0.2, 0.25) is 0 Å². The van der Waals surface area contributed by atoms with Crippen LogP contribution in [0.3, 0.4) is 0 Å². The van der Waals surface area contributed by atoms with Crippen molar-refractivity contribution in [2.24, 2.45) is 0 Å². The number of hydrogen-bond acceptors (Lipinski definition) is 7. The van der Waals surface area contributed by atoms with E-state index in [0.717, 1.165) is 10.5 Å². The summed E-state index contributed by atoms with van der Waals surface area (Å²) in [5, 5.41) is 24.6. The first kappa shape index (κ1) is 15.9. The third-order valence-electron chi connectivity index (χ3n) is 3.51. The minimum atomic E-state index is -0.470. The molecule has 0 saturated heterocycles. The number of aliphatic hydroxyl groups excluding tert-OH is 2. The van der Waals surface area contributed by atoms with Gasteiger partial charge < -0.3 is 20.1 Å². The van der Waals surface area contributed by atoms with Crippen LogP contribution in [0.1, 0.15) is 5.76 Å². The van der Waals surface area contributed by atoms with E-state index in [-0.39, 0.29) is 25.5 Å². The zero-order valence-electron chi connectivity index (χ0n) is 12.6. The molecule has 0 spiro atoms. The van der Waals surface area contributed by atoms with Crippen LogP contribution in [-0.2, 0) is 16.2 Å². The van der Waals surface area contributed by atoms with E-state index in [4.69, 9.17) is 14.7 Å². The third-order valence-corrected chi connectivity index (χ3v) is 3.51. The molecule has 24 heavy (non-hydrogen) atoms. The fourth-order valence-electron chi connectivity index (χ4n) is 2.31. The molecule has 0 unspecified atom stereocenters. The zero-order valence-corrected chi connectivity index (χ0v) is 12.6. The summed E-state index contributed by atoms with van der Waals surface area (Å²) in [6, 6.07) is 8.64. The van der Waals surface area contributed by atoms with E-state index in [9.17, 15) is 9.59 Å². The van der Waals surface area contributed by atoms with E-state index < -0.39 is 11.8 Å². The summed E-state index contributed by atoms with van der Waals surface area (Å²) in [7, 11) is 0. The molecule has 0 aliphatic carbocycles. The monoisotopic (exact) mass is 329 g/mol. The molecule has 0 atom stereocenters. The SMILES string of the molecule is O=C1C=C(Nc2ccc(-c3cc(CO)on3)cc2)C(=O)N1CCO. The maximum atomic E-state index is 12.1. The fraction of sp³-hybridized carbons (Fsp3) is 0.188. The van der Waals surface area contributed by atoms with E-state index in [1.807, 2.05) is 0 Å². The molecular weight excluding hydrogens is 314 g/mol. The van der Waals surface area contributed by atoms with E-state index in [0.29, 0.717) is 17.1 Å². The average Bonchev–Trinajstić information content (AvgIpc) is 3.17. The quantitative estimate of drug-likeness (QED) is 0.660. The predicted octanol–water partition coefficient (Wildman–Crippen LogP) is 0.491. The van der Waals surface area contributed by atoms with Crippen molar-refractivity contribution in [1.29, 1.82) is 0 Å². The predicted molar refractivity (Wildman–Crippen MR) is 83.4 cm³/mol. The highest BCUT2D eigenvalue weighted by atomic mass is 16.5. The Bertz CT molecular complexity index is 794. The van der Waals surface area contributed by atoms with E-state index in [1.54, 1.807) is 30.3 Å². The van der Waals surface area contributed by atoms with Crippen LogP contribution >= 0.6 is 0 Å². The van der Waals surface area contributed by atoms with Gasteiger partial charge in [0.25, 0.3) is 11.8 Å². The summed E-state index contributed by atoms with van der Waals surface area (Å²) in [5.74, 6) is -0.550. The molecule has 0 bridgehead atoms. The number of carbonyl (C=O) groups is 2. The van der Waals surface area contributed by atoms with Crippen LogP contribution < -0.4 is 5.32 Å². The van der Waals surface area contributed by atoms with Crippen molar-refractivity contribution in [3.05, 3.63) is 47.9 Å². The number of nitrogens with zero attached hydrogens (tertiary/aromatic N) is 2. The van der Waals surface area contributed by atoms with Crippen molar-refractivity contribution < 1.29 is 24.3 Å². The van der Waals surface area contributed by atoms with Gasteiger partial charge in [-0.1, -0.05) is 17.3 Å². The second-order valence-electron chi connectivity index (χ2n) is 5.12. The maximum Gasteiger partial charge on any atom is 0.277 e. The molecule has 3 N–H and O–H groups in total. The lowest BCUT2D eigenvalue weighted by atomic mass is 10.1. The number of anilines is 1. The molecule has 0 radical (unpaired) electrons. The zero-order chi connectivity index (χ0) is 17.1. The molecule has 0 fully saturated rings. The van der Waals surface area contributed by atoms with Gasteiger partial charge in [-0.3, -0.25) is 14.5 Å². The molecular formula is C16H15N3O5. The van der Waals surface area contributed by atoms with Crippen molar-refractivity contribution >= 4 is 17.5 Å². The average molecular weight is 329 g/mol. The normalized spacial score (nSPS) is 14.2. The minimum absolute atomic E-state index is 0.0301. The van der Waals surface area contributed by atoms with Crippen LogP contribution in [0.15, 0.2) is 46.6 Å². The molecule has 1 aliphatic rings. The van der Waals surface area contributed by atoms with Gasteiger partial charge in [0.05, 0.1) is 13.2 Å². The second kappa shape index (κ2) is 6.65. The van der Waals surface area contributed by atoms with Gasteiger partial charge in [0.2, 0.25) is 0 Å². The first-order valence-corrected chi connectivity index (χ1v) is 7.24. The Morgan fingerprint density at radius 2 is 1.92 bits per heavy atom. The molecule has 8 heteroatoms. The topological polar surface area (TPSA) is 116 Å². The molecule has 1 aromatic carbocycles. The van der Waals surface area contributed by atoms with Gasteiger partial charge >= 0.3 is 0 Å². The molecule has 2 aromatic rings. The van der Waals surface area contributed by atoms with Gasteiger partial charge in [-0.05, 0) is 12.1 Å². The van der Waals surface area contributed by atoms with Gasteiger partial charge in [-0.15, -0.1) is 0 Å². The number of amides is 2. The molecule has 3 rings (SSSR count). The summed E-state index contributed by atoms with van der Waals surface area (Å²) in [5.41, 5.74) is 2.16. The third kappa shape index (κ3) is 3.05. The number of aromatic nitrogens is 1. The fourth-order valence-corrected chi connectivity index (χ4v) is 2.31. The number of carbonyl (C=O) groups excluding carboxylic acids is 2. The molecule has 1 aliphatic heterocycles. The lowest BCUT2D eigenvalue weighted by Crippen LogP contribution is -2.34. The number of imide groups is 1. The Kier molecular flexibility index (Phi) is 4.41. The largest absolute Gasteiger partial charge is 0.395 e. The van der Waals surface area contributed by atoms with E-state index in [1.165, 1.54) is 6.08 Å². The van der Waals surface area contributed by atoms with Crippen molar-refractivity contribution in [3.63, 3.8) is 0 Å². The number of rotatable bonds is 6. The van der Waals surface area contributed by atoms with Crippen molar-refractivity contribution in [1.82, 2.24) is 10.1 Å². The first-order valence-electron chi connectivity index (χ1n) is 7.24. The molecule has 0 saturated carbocycles. The Balaban J connectivity index is 1.72. The number of β-amino-alcohol motifs (C(OH)–C–C–N with tert-alkyl or cyclic N) is 1. The summed E-state index contributed by atoms with van der Waals surface area (Å²) in [4.78, 5) is 24.7. The minimum Gasteiger partial charge on any atom is -0.395 e. The van der Waals surface area contributed by atoms with Crippen LogP contribution in [0.25, 0.3) is 11.3 Å². The van der Waals surface area contributed by atoms with Crippen LogP contribution in [0, 0.1) is 0 Å². The lowest BCUT2D eigenvalue weighted by Gasteiger charge is -2.13. The highest BCUT2D eigenvalue weighted by Gasteiger charge is 2.30. The summed E-state index contributed by atoms with van der Waals surface area (Å²) < 4.78 is 4.93. The van der Waals surface area contributed by atoms with E-state index in [2.05, 4.69) is 10.5 Å². The van der Waals surface area contributed by atoms with Crippen LogP contribution in [0.5, 0.6) is 0 Å². The van der Waals surface area contributed by atoms with Gasteiger partial charge in [0.15, 0.2) is 5.76 Å². The number of hydrogen-bond donors (Lipinski definition) is 3. The Morgan fingerprint density at radius 1 is 1.17 bits per heavy atom. The number of benzene rings is 1. The molecule has 124 valence electrons. The van der Waals surface area contributed by atoms with Crippen LogP contribution in [0.4, 0.5) is 5.69 Å². The van der Waals surface area contributed by atoms with Crippen LogP contribution in [-0.4, -0.2) is 45.2 Å². The van der Waals surface area contributed by atoms with Crippen molar-refractivity contribution in [2.75, 3.05) is 18.5 Å². The highest BCUT2D eigenvalue weighted by molar-refractivity contribution is 6.17. The number of nitrogens with one attached hydrogen (secondary N) is 1. The molecule has 1 aromatic heterocycles. The molecule has 2 amide bonds. The number of aliphatic hydroxyl groups is 2.